The van der Waals surface area contributed by atoms with Crippen LogP contribution in [0.15, 0.2) is 53.5 Å². The lowest BCUT2D eigenvalue weighted by Crippen LogP contribution is -2.39. The summed E-state index contributed by atoms with van der Waals surface area (Å²) in [4.78, 5) is 32.4. The van der Waals surface area contributed by atoms with Crippen LogP contribution >= 0.6 is 0 Å². The number of rotatable bonds is 3. The largest absolute Gasteiger partial charge is 0.338 e. The van der Waals surface area contributed by atoms with Crippen LogP contribution < -0.4 is 5.56 Å². The molecule has 2 aromatic heterocycles. The van der Waals surface area contributed by atoms with E-state index in [4.69, 9.17) is 0 Å². The number of carbonyl (C=O) groups is 1. The van der Waals surface area contributed by atoms with E-state index >= 15 is 0 Å². The zero-order valence-corrected chi connectivity index (χ0v) is 15.5. The van der Waals surface area contributed by atoms with Crippen LogP contribution in [-0.2, 0) is 6.54 Å². The molecular weight excluding hydrogens is 338 g/mol. The number of amides is 1. The minimum atomic E-state index is -0.266. The third-order valence-corrected chi connectivity index (χ3v) is 5.18. The molecule has 1 aliphatic rings. The average Bonchev–Trinajstić information content (AvgIpc) is 2.71. The van der Waals surface area contributed by atoms with Gasteiger partial charge < -0.3 is 4.90 Å². The second-order valence-corrected chi connectivity index (χ2v) is 7.20. The van der Waals surface area contributed by atoms with Gasteiger partial charge in [-0.1, -0.05) is 29.8 Å². The van der Waals surface area contributed by atoms with E-state index < -0.39 is 0 Å². The first-order valence-electron chi connectivity index (χ1n) is 9.47. The molecule has 0 atom stereocenters. The normalized spacial score (nSPS) is 14.5. The molecule has 0 aliphatic carbocycles. The van der Waals surface area contributed by atoms with Crippen LogP contribution in [0, 0.1) is 6.92 Å². The van der Waals surface area contributed by atoms with Crippen LogP contribution in [0.3, 0.4) is 0 Å². The van der Waals surface area contributed by atoms with Gasteiger partial charge >= 0.3 is 0 Å². The fourth-order valence-electron chi connectivity index (χ4n) is 3.65. The van der Waals surface area contributed by atoms with Crippen molar-refractivity contribution in [3.05, 3.63) is 75.7 Å². The van der Waals surface area contributed by atoms with Gasteiger partial charge in [0.2, 0.25) is 0 Å². The van der Waals surface area contributed by atoms with Gasteiger partial charge in [-0.3, -0.25) is 14.2 Å². The lowest BCUT2D eigenvalue weighted by Gasteiger charge is -2.26. The second kappa shape index (κ2) is 7.35. The van der Waals surface area contributed by atoms with E-state index in [9.17, 15) is 9.59 Å². The first kappa shape index (κ1) is 17.5. The highest BCUT2D eigenvalue weighted by Crippen LogP contribution is 2.16. The topological polar surface area (TPSA) is 55.2 Å². The Bertz CT molecular complexity index is 1030. The summed E-state index contributed by atoms with van der Waals surface area (Å²) in [5.74, 6) is -0.164. The van der Waals surface area contributed by atoms with Crippen molar-refractivity contribution in [2.45, 2.75) is 32.7 Å². The molecule has 0 spiro atoms. The van der Waals surface area contributed by atoms with Crippen molar-refractivity contribution in [1.29, 1.82) is 0 Å². The fourth-order valence-corrected chi connectivity index (χ4v) is 3.65. The van der Waals surface area contributed by atoms with E-state index in [2.05, 4.69) is 4.98 Å². The molecule has 3 aromatic rings. The van der Waals surface area contributed by atoms with Gasteiger partial charge in [-0.25, -0.2) is 4.98 Å². The maximum absolute atomic E-state index is 13.2. The van der Waals surface area contributed by atoms with Crippen LogP contribution in [0.25, 0.3) is 11.0 Å². The quantitative estimate of drug-likeness (QED) is 0.719. The summed E-state index contributed by atoms with van der Waals surface area (Å²) in [5.41, 5.74) is 2.76. The molecule has 0 saturated carbocycles. The molecule has 1 aliphatic heterocycles. The predicted octanol–water partition coefficient (Wildman–Crippen LogP) is 3.38. The zero-order valence-electron chi connectivity index (χ0n) is 15.5. The van der Waals surface area contributed by atoms with Crippen molar-refractivity contribution in [1.82, 2.24) is 14.5 Å². The van der Waals surface area contributed by atoms with Crippen molar-refractivity contribution in [3.63, 3.8) is 0 Å². The molecule has 1 fully saturated rings. The van der Waals surface area contributed by atoms with Crippen molar-refractivity contribution in [3.8, 4) is 0 Å². The van der Waals surface area contributed by atoms with E-state index in [0.717, 1.165) is 43.3 Å². The van der Waals surface area contributed by atoms with Gasteiger partial charge in [0, 0.05) is 24.7 Å². The molecule has 0 unspecified atom stereocenters. The highest BCUT2D eigenvalue weighted by molar-refractivity contribution is 5.97. The van der Waals surface area contributed by atoms with Gasteiger partial charge in [0.05, 0.1) is 6.54 Å². The number of aromatic nitrogens is 2. The average molecular weight is 361 g/mol. The number of aryl methyl sites for hydroxylation is 1. The maximum Gasteiger partial charge on any atom is 0.265 e. The Balaban J connectivity index is 1.81. The number of piperidine rings is 1. The molecule has 3 heterocycles. The highest BCUT2D eigenvalue weighted by atomic mass is 16.2. The lowest BCUT2D eigenvalue weighted by molar-refractivity contribution is 0.0722. The summed E-state index contributed by atoms with van der Waals surface area (Å²) < 4.78 is 1.62. The van der Waals surface area contributed by atoms with Crippen LogP contribution in [0.5, 0.6) is 0 Å². The second-order valence-electron chi connectivity index (χ2n) is 7.20. The summed E-state index contributed by atoms with van der Waals surface area (Å²) >= 11 is 0. The standard InChI is InChI=1S/C22H23N3O2/c1-16-7-9-17(10-8-16)15-25-20-18(6-5-11-23-20)14-19(22(25)27)21(26)24-12-3-2-4-13-24/h5-11,14H,2-4,12-13,15H2,1H3. The Morgan fingerprint density at radius 2 is 1.81 bits per heavy atom. The Morgan fingerprint density at radius 3 is 2.56 bits per heavy atom. The number of benzene rings is 1. The molecule has 0 bridgehead atoms. The van der Waals surface area contributed by atoms with Crippen molar-refractivity contribution < 1.29 is 4.79 Å². The Kier molecular flexibility index (Phi) is 4.75. The number of fused-ring (bicyclic) bond motifs is 1. The van der Waals surface area contributed by atoms with Gasteiger partial charge in [-0.15, -0.1) is 0 Å². The molecule has 5 heteroatoms. The SMILES string of the molecule is Cc1ccc(Cn2c(=O)c(C(=O)N3CCCCC3)cc3cccnc32)cc1. The predicted molar refractivity (Wildman–Crippen MR) is 106 cm³/mol. The highest BCUT2D eigenvalue weighted by Gasteiger charge is 2.23. The summed E-state index contributed by atoms with van der Waals surface area (Å²) in [7, 11) is 0. The molecule has 1 saturated heterocycles. The molecule has 27 heavy (non-hydrogen) atoms. The van der Waals surface area contributed by atoms with E-state index in [0.29, 0.717) is 12.2 Å². The summed E-state index contributed by atoms with van der Waals surface area (Å²) in [6, 6.07) is 13.5. The van der Waals surface area contributed by atoms with E-state index in [1.807, 2.05) is 43.3 Å². The minimum absolute atomic E-state index is 0.164. The molecule has 4 rings (SSSR count). The summed E-state index contributed by atoms with van der Waals surface area (Å²) in [6.07, 6.45) is 4.82. The number of likely N-dealkylation sites (tertiary alicyclic amines) is 1. The van der Waals surface area contributed by atoms with Crippen LogP contribution in [0.2, 0.25) is 0 Å². The molecule has 5 nitrogen and oxygen atoms in total. The van der Waals surface area contributed by atoms with Crippen molar-refractivity contribution in [2.24, 2.45) is 0 Å². The summed E-state index contributed by atoms with van der Waals surface area (Å²) in [6.45, 7) is 3.88. The van der Waals surface area contributed by atoms with E-state index in [1.165, 1.54) is 5.56 Å². The molecule has 1 aromatic carbocycles. The molecule has 0 radical (unpaired) electrons. The van der Waals surface area contributed by atoms with E-state index in [1.54, 1.807) is 21.7 Å². The molecule has 138 valence electrons. The lowest BCUT2D eigenvalue weighted by atomic mass is 10.1. The van der Waals surface area contributed by atoms with Gasteiger partial charge in [0.1, 0.15) is 11.2 Å². The Hall–Kier alpha value is -2.95. The zero-order chi connectivity index (χ0) is 18.8. The number of nitrogens with zero attached hydrogens (tertiary/aromatic N) is 3. The van der Waals surface area contributed by atoms with Crippen LogP contribution in [0.4, 0.5) is 0 Å². The number of carbonyl (C=O) groups excluding carboxylic acids is 1. The van der Waals surface area contributed by atoms with Gasteiger partial charge in [0.15, 0.2) is 0 Å². The van der Waals surface area contributed by atoms with E-state index in [-0.39, 0.29) is 17.0 Å². The monoisotopic (exact) mass is 361 g/mol. The van der Waals surface area contributed by atoms with Gasteiger partial charge in [-0.2, -0.15) is 0 Å². The minimum Gasteiger partial charge on any atom is -0.338 e. The Labute approximate surface area is 158 Å². The molecule has 1 amide bonds. The molecule has 0 N–H and O–H groups in total. The van der Waals surface area contributed by atoms with Crippen molar-refractivity contribution in [2.75, 3.05) is 13.1 Å². The van der Waals surface area contributed by atoms with Crippen molar-refractivity contribution >= 4 is 16.9 Å². The summed E-state index contributed by atoms with van der Waals surface area (Å²) in [5, 5.41) is 0.810. The van der Waals surface area contributed by atoms with Crippen LogP contribution in [0.1, 0.15) is 40.7 Å². The van der Waals surface area contributed by atoms with Crippen LogP contribution in [-0.4, -0.2) is 33.4 Å². The molecular formula is C22H23N3O2. The maximum atomic E-state index is 13.2. The third-order valence-electron chi connectivity index (χ3n) is 5.18. The smallest absolute Gasteiger partial charge is 0.265 e. The number of hydrogen-bond acceptors (Lipinski definition) is 3. The Morgan fingerprint density at radius 1 is 1.07 bits per heavy atom. The first-order chi connectivity index (χ1) is 13.1. The van der Waals surface area contributed by atoms with Gasteiger partial charge in [0.25, 0.3) is 11.5 Å². The number of pyridine rings is 2. The number of hydrogen-bond donors (Lipinski definition) is 0. The van der Waals surface area contributed by atoms with Gasteiger partial charge in [-0.05, 0) is 49.9 Å². The first-order valence-corrected chi connectivity index (χ1v) is 9.47. The third kappa shape index (κ3) is 3.50. The fraction of sp³-hybridized carbons (Fsp3) is 0.318.